The van der Waals surface area contributed by atoms with Crippen LogP contribution in [-0.2, 0) is 4.84 Å². The third kappa shape index (κ3) is 10.1. The second kappa shape index (κ2) is 7.30. The highest BCUT2D eigenvalue weighted by Crippen LogP contribution is 2.09. The number of unbranched alkanes of at least 4 members (excludes halogenated alkanes) is 2. The first-order valence-electron chi connectivity index (χ1n) is 5.13. The monoisotopic (exact) mass is 263 g/mol. The molecule has 0 bridgehead atoms. The molecule has 2 nitrogen and oxygen atoms in total. The Bertz CT molecular complexity index is 163. The molecule has 0 aromatic heterocycles. The van der Waals surface area contributed by atoms with Crippen molar-refractivity contribution in [3.05, 3.63) is 12.3 Å². The van der Waals surface area contributed by atoms with Gasteiger partial charge < -0.3 is 0 Å². The van der Waals surface area contributed by atoms with E-state index in [-0.39, 0.29) is 5.60 Å². The van der Waals surface area contributed by atoms with E-state index >= 15 is 0 Å². The van der Waals surface area contributed by atoms with Crippen molar-refractivity contribution < 1.29 is 4.84 Å². The van der Waals surface area contributed by atoms with Gasteiger partial charge in [-0.3, -0.25) is 10.3 Å². The van der Waals surface area contributed by atoms with Crippen LogP contribution in [0.1, 0.15) is 46.5 Å². The highest BCUT2D eigenvalue weighted by molar-refractivity contribution is 9.09. The Morgan fingerprint density at radius 1 is 1.29 bits per heavy atom. The van der Waals surface area contributed by atoms with Crippen LogP contribution in [0.2, 0.25) is 0 Å². The zero-order valence-corrected chi connectivity index (χ0v) is 11.1. The highest BCUT2D eigenvalue weighted by Gasteiger charge is 2.10. The van der Waals surface area contributed by atoms with Gasteiger partial charge >= 0.3 is 0 Å². The molecule has 0 aromatic rings. The van der Waals surface area contributed by atoms with E-state index in [4.69, 9.17) is 4.84 Å². The number of hydrogen-bond donors (Lipinski definition) is 1. The Morgan fingerprint density at radius 3 is 2.43 bits per heavy atom. The van der Waals surface area contributed by atoms with Gasteiger partial charge in [-0.2, -0.15) is 0 Å². The molecule has 0 saturated carbocycles. The molecule has 0 aliphatic heterocycles. The maximum absolute atomic E-state index is 5.39. The summed E-state index contributed by atoms with van der Waals surface area (Å²) in [6, 6.07) is 0. The van der Waals surface area contributed by atoms with Gasteiger partial charge in [0.2, 0.25) is 0 Å². The molecule has 1 N–H and O–H groups in total. The van der Waals surface area contributed by atoms with Gasteiger partial charge in [-0.15, -0.1) is 0 Å². The van der Waals surface area contributed by atoms with E-state index in [0.717, 1.165) is 17.4 Å². The predicted octanol–water partition coefficient (Wildman–Crippen LogP) is 3.78. The summed E-state index contributed by atoms with van der Waals surface area (Å²) >= 11 is 3.41. The summed E-state index contributed by atoms with van der Waals surface area (Å²) in [7, 11) is 0. The largest absolute Gasteiger partial charge is 0.271 e. The fraction of sp³-hybridized carbons (Fsp3) is 0.818. The number of hydroxylamine groups is 1. The normalized spacial score (nSPS) is 11.4. The summed E-state index contributed by atoms with van der Waals surface area (Å²) in [5, 5.41) is 1.09. The zero-order chi connectivity index (χ0) is 11.0. The van der Waals surface area contributed by atoms with Gasteiger partial charge in [-0.25, -0.2) is 0 Å². The molecule has 3 heteroatoms. The summed E-state index contributed by atoms with van der Waals surface area (Å²) in [6.07, 6.45) is 4.63. The number of halogens is 1. The lowest BCUT2D eigenvalue weighted by Gasteiger charge is -2.20. The second-order valence-corrected chi connectivity index (χ2v) is 5.21. The van der Waals surface area contributed by atoms with Gasteiger partial charge in [0.1, 0.15) is 0 Å². The molecule has 0 aliphatic rings. The molecular weight excluding hydrogens is 242 g/mol. The van der Waals surface area contributed by atoms with Gasteiger partial charge in [-0.1, -0.05) is 28.9 Å². The van der Waals surface area contributed by atoms with Crippen LogP contribution < -0.4 is 5.48 Å². The fourth-order valence-corrected chi connectivity index (χ4v) is 1.28. The minimum absolute atomic E-state index is 0.154. The number of allylic oxidation sites excluding steroid dienone is 1. The first-order valence-corrected chi connectivity index (χ1v) is 6.25. The Kier molecular flexibility index (Phi) is 7.28. The molecule has 0 aromatic carbocycles. The SMILES string of the molecule is C=C(CCCCCBr)NOC(C)(C)C. The molecule has 0 rings (SSSR count). The van der Waals surface area contributed by atoms with Crippen molar-refractivity contribution in [1.82, 2.24) is 5.48 Å². The van der Waals surface area contributed by atoms with Crippen LogP contribution in [0.4, 0.5) is 0 Å². The average molecular weight is 264 g/mol. The van der Waals surface area contributed by atoms with E-state index in [2.05, 4.69) is 28.0 Å². The third-order valence-electron chi connectivity index (χ3n) is 1.61. The minimum Gasteiger partial charge on any atom is -0.271 e. The van der Waals surface area contributed by atoms with Crippen molar-refractivity contribution in [3.63, 3.8) is 0 Å². The van der Waals surface area contributed by atoms with Crippen molar-refractivity contribution in [2.45, 2.75) is 52.1 Å². The minimum atomic E-state index is -0.154. The van der Waals surface area contributed by atoms with E-state index in [0.29, 0.717) is 0 Å². The van der Waals surface area contributed by atoms with E-state index in [1.54, 1.807) is 0 Å². The smallest absolute Gasteiger partial charge is 0.0876 e. The molecule has 0 heterocycles. The Morgan fingerprint density at radius 2 is 1.93 bits per heavy atom. The van der Waals surface area contributed by atoms with Crippen molar-refractivity contribution in [2.75, 3.05) is 5.33 Å². The number of alkyl halides is 1. The Labute approximate surface area is 96.2 Å². The zero-order valence-electron chi connectivity index (χ0n) is 9.53. The molecule has 0 amide bonds. The maximum atomic E-state index is 5.39. The van der Waals surface area contributed by atoms with Crippen molar-refractivity contribution in [3.8, 4) is 0 Å². The van der Waals surface area contributed by atoms with Crippen molar-refractivity contribution >= 4 is 15.9 Å². The predicted molar refractivity (Wildman–Crippen MR) is 65.4 cm³/mol. The van der Waals surface area contributed by atoms with Crippen LogP contribution in [0, 0.1) is 0 Å². The first-order chi connectivity index (χ1) is 6.45. The number of rotatable bonds is 7. The van der Waals surface area contributed by atoms with Crippen molar-refractivity contribution in [1.29, 1.82) is 0 Å². The molecular formula is C11H22BrNO. The molecule has 0 spiro atoms. The molecule has 0 unspecified atom stereocenters. The first kappa shape index (κ1) is 14.0. The van der Waals surface area contributed by atoms with Gasteiger partial charge in [0.25, 0.3) is 0 Å². The molecule has 0 aliphatic carbocycles. The van der Waals surface area contributed by atoms with Gasteiger partial charge in [0.05, 0.1) is 5.60 Å². The van der Waals surface area contributed by atoms with Crippen LogP contribution in [0.25, 0.3) is 0 Å². The van der Waals surface area contributed by atoms with E-state index in [9.17, 15) is 0 Å². The summed E-state index contributed by atoms with van der Waals surface area (Å²) in [4.78, 5) is 5.39. The lowest BCUT2D eigenvalue weighted by atomic mass is 10.2. The van der Waals surface area contributed by atoms with Crippen LogP contribution in [0.3, 0.4) is 0 Å². The molecule has 0 saturated heterocycles. The van der Waals surface area contributed by atoms with Gasteiger partial charge in [0, 0.05) is 11.0 Å². The van der Waals surface area contributed by atoms with Gasteiger partial charge in [0.15, 0.2) is 0 Å². The molecule has 14 heavy (non-hydrogen) atoms. The summed E-state index contributed by atoms with van der Waals surface area (Å²) in [6.45, 7) is 9.94. The summed E-state index contributed by atoms with van der Waals surface area (Å²) in [5.41, 5.74) is 3.71. The molecule has 0 fully saturated rings. The lowest BCUT2D eigenvalue weighted by molar-refractivity contribution is -0.0589. The van der Waals surface area contributed by atoms with Gasteiger partial charge in [-0.05, 0) is 40.0 Å². The standard InChI is InChI=1S/C11H22BrNO/c1-10(8-6-5-7-9-12)13-14-11(2,3)4/h13H,1,5-9H2,2-4H3. The van der Waals surface area contributed by atoms with E-state index in [1.807, 2.05) is 20.8 Å². The average Bonchev–Trinajstić information content (AvgIpc) is 2.08. The van der Waals surface area contributed by atoms with Crippen LogP contribution in [0.15, 0.2) is 12.3 Å². The topological polar surface area (TPSA) is 21.3 Å². The highest BCUT2D eigenvalue weighted by atomic mass is 79.9. The lowest BCUT2D eigenvalue weighted by Crippen LogP contribution is -2.28. The summed E-state index contributed by atoms with van der Waals surface area (Å²) < 4.78 is 0. The van der Waals surface area contributed by atoms with Crippen LogP contribution >= 0.6 is 15.9 Å². The van der Waals surface area contributed by atoms with E-state index < -0.39 is 0 Å². The van der Waals surface area contributed by atoms with Crippen LogP contribution in [-0.4, -0.2) is 10.9 Å². The van der Waals surface area contributed by atoms with E-state index in [1.165, 1.54) is 19.3 Å². The van der Waals surface area contributed by atoms with Crippen molar-refractivity contribution in [2.24, 2.45) is 0 Å². The third-order valence-corrected chi connectivity index (χ3v) is 2.17. The summed E-state index contributed by atoms with van der Waals surface area (Å²) in [5.74, 6) is 0. The maximum Gasteiger partial charge on any atom is 0.0876 e. The number of nitrogens with one attached hydrogen (secondary N) is 1. The number of hydrogen-bond acceptors (Lipinski definition) is 2. The molecule has 0 atom stereocenters. The Balaban J connectivity index is 3.38. The Hall–Kier alpha value is -0.0200. The fourth-order valence-electron chi connectivity index (χ4n) is 0.886. The van der Waals surface area contributed by atoms with Crippen LogP contribution in [0.5, 0.6) is 0 Å². The molecule has 0 radical (unpaired) electrons. The quantitative estimate of drug-likeness (QED) is 0.429. The second-order valence-electron chi connectivity index (χ2n) is 4.42. The molecule has 84 valence electrons.